The fourth-order valence-electron chi connectivity index (χ4n) is 2.11. The quantitative estimate of drug-likeness (QED) is 0.397. The first kappa shape index (κ1) is 16.3. The maximum Gasteiger partial charge on any atom is 0.193 e. The Kier molecular flexibility index (Phi) is 5.76. The largest absolute Gasteiger partial charge is 0.370 e. The zero-order valence-electron chi connectivity index (χ0n) is 12.0. The summed E-state index contributed by atoms with van der Waals surface area (Å²) in [5.74, 6) is 0.421. The molecule has 1 aromatic carbocycles. The first-order valence-corrected chi connectivity index (χ1v) is 6.86. The molecule has 0 unspecified atom stereocenters. The molecule has 22 heavy (non-hydrogen) atoms. The average molecular weight is 407 g/mol. The lowest BCUT2D eigenvalue weighted by molar-refractivity contribution is 0.934. The van der Waals surface area contributed by atoms with Gasteiger partial charge in [0.05, 0.1) is 5.69 Å². The summed E-state index contributed by atoms with van der Waals surface area (Å²) in [6.07, 6.45) is 4.77. The molecule has 3 rings (SSSR count). The van der Waals surface area contributed by atoms with E-state index in [0.717, 1.165) is 23.4 Å². The number of fused-ring (bicyclic) bond motifs is 1. The van der Waals surface area contributed by atoms with Crippen LogP contribution in [-0.2, 0) is 6.42 Å². The number of anilines is 1. The highest BCUT2D eigenvalue weighted by Gasteiger charge is 2.00. The third kappa shape index (κ3) is 4.20. The van der Waals surface area contributed by atoms with Gasteiger partial charge in [-0.1, -0.05) is 24.3 Å². The van der Waals surface area contributed by atoms with Crippen LogP contribution in [0.25, 0.3) is 5.65 Å². The van der Waals surface area contributed by atoms with E-state index in [1.807, 2.05) is 65.3 Å². The molecule has 0 saturated carbocycles. The number of guanidine groups is 1. The van der Waals surface area contributed by atoms with E-state index in [-0.39, 0.29) is 24.0 Å². The molecule has 3 N–H and O–H groups in total. The van der Waals surface area contributed by atoms with Crippen LogP contribution in [0.5, 0.6) is 0 Å². The topological polar surface area (TPSA) is 67.7 Å². The lowest BCUT2D eigenvalue weighted by Crippen LogP contribution is -2.23. The summed E-state index contributed by atoms with van der Waals surface area (Å²) in [5, 5.41) is 3.06. The van der Waals surface area contributed by atoms with E-state index in [4.69, 9.17) is 5.73 Å². The molecule has 0 bridgehead atoms. The first-order valence-electron chi connectivity index (χ1n) is 6.86. The summed E-state index contributed by atoms with van der Waals surface area (Å²) >= 11 is 0. The molecule has 0 fully saturated rings. The third-order valence-corrected chi connectivity index (χ3v) is 3.11. The standard InChI is InChI=1S/C16H17N5.HI/c17-16(20-13-6-2-1-3-7-13)18-10-9-14-12-21-11-5-4-8-15(21)19-14;/h1-8,11-12H,9-10H2,(H3,17,18,20);1H. The second-order valence-electron chi connectivity index (χ2n) is 4.71. The minimum Gasteiger partial charge on any atom is -0.370 e. The number of nitrogens with two attached hydrogens (primary N) is 1. The Morgan fingerprint density at radius 3 is 2.68 bits per heavy atom. The highest BCUT2D eigenvalue weighted by molar-refractivity contribution is 14.0. The molecule has 0 aliphatic carbocycles. The Balaban J connectivity index is 0.00000176. The number of para-hydroxylation sites is 1. The fraction of sp³-hybridized carbons (Fsp3) is 0.125. The molecule has 0 amide bonds. The molecule has 114 valence electrons. The molecule has 2 aromatic heterocycles. The number of hydrogen-bond acceptors (Lipinski definition) is 2. The maximum atomic E-state index is 5.86. The van der Waals surface area contributed by atoms with Crippen molar-refractivity contribution in [3.05, 3.63) is 66.6 Å². The summed E-state index contributed by atoms with van der Waals surface area (Å²) in [6.45, 7) is 0.607. The molecular weight excluding hydrogens is 389 g/mol. The van der Waals surface area contributed by atoms with Gasteiger partial charge in [-0.05, 0) is 24.3 Å². The van der Waals surface area contributed by atoms with Crippen molar-refractivity contribution in [1.82, 2.24) is 9.38 Å². The molecule has 6 heteroatoms. The lowest BCUT2D eigenvalue weighted by atomic mass is 10.3. The van der Waals surface area contributed by atoms with Crippen LogP contribution in [0.15, 0.2) is 65.9 Å². The number of aromatic nitrogens is 2. The van der Waals surface area contributed by atoms with E-state index in [9.17, 15) is 0 Å². The number of nitrogens with one attached hydrogen (secondary N) is 1. The molecule has 0 spiro atoms. The summed E-state index contributed by atoms with van der Waals surface area (Å²) in [6, 6.07) is 15.7. The number of hydrogen-bond donors (Lipinski definition) is 2. The van der Waals surface area contributed by atoms with Gasteiger partial charge in [0.15, 0.2) is 5.96 Å². The van der Waals surface area contributed by atoms with Crippen LogP contribution < -0.4 is 11.1 Å². The smallest absolute Gasteiger partial charge is 0.193 e. The van der Waals surface area contributed by atoms with Crippen molar-refractivity contribution >= 4 is 41.3 Å². The summed E-state index contributed by atoms with van der Waals surface area (Å²) in [4.78, 5) is 8.84. The van der Waals surface area contributed by atoms with E-state index in [0.29, 0.717) is 12.5 Å². The van der Waals surface area contributed by atoms with Gasteiger partial charge in [0.25, 0.3) is 0 Å². The van der Waals surface area contributed by atoms with Crippen LogP contribution >= 0.6 is 24.0 Å². The normalized spacial score (nSPS) is 11.2. The van der Waals surface area contributed by atoms with Gasteiger partial charge in [-0.2, -0.15) is 0 Å². The van der Waals surface area contributed by atoms with Crippen molar-refractivity contribution in [3.8, 4) is 0 Å². The van der Waals surface area contributed by atoms with Crippen LogP contribution in [0.4, 0.5) is 5.69 Å². The number of benzene rings is 1. The maximum absolute atomic E-state index is 5.86. The van der Waals surface area contributed by atoms with Crippen molar-refractivity contribution in [2.24, 2.45) is 10.7 Å². The number of rotatable bonds is 4. The Labute approximate surface area is 146 Å². The van der Waals surface area contributed by atoms with Gasteiger partial charge >= 0.3 is 0 Å². The highest BCUT2D eigenvalue weighted by Crippen LogP contribution is 2.06. The summed E-state index contributed by atoms with van der Waals surface area (Å²) < 4.78 is 2.00. The second kappa shape index (κ2) is 7.79. The molecule has 0 atom stereocenters. The molecule has 0 saturated heterocycles. The van der Waals surface area contributed by atoms with Gasteiger partial charge in [0.2, 0.25) is 0 Å². The van der Waals surface area contributed by atoms with Gasteiger partial charge in [0.1, 0.15) is 5.65 Å². The zero-order chi connectivity index (χ0) is 14.5. The molecular formula is C16H18IN5. The summed E-state index contributed by atoms with van der Waals surface area (Å²) in [7, 11) is 0. The second-order valence-corrected chi connectivity index (χ2v) is 4.71. The molecule has 3 aromatic rings. The van der Waals surface area contributed by atoms with Crippen molar-refractivity contribution < 1.29 is 0 Å². The predicted molar refractivity (Wildman–Crippen MR) is 101 cm³/mol. The molecule has 0 radical (unpaired) electrons. The van der Waals surface area contributed by atoms with Crippen molar-refractivity contribution in [3.63, 3.8) is 0 Å². The van der Waals surface area contributed by atoms with Crippen LogP contribution in [-0.4, -0.2) is 21.9 Å². The minimum absolute atomic E-state index is 0. The molecule has 2 heterocycles. The Bertz CT molecular complexity index is 718. The van der Waals surface area contributed by atoms with E-state index in [1.165, 1.54) is 0 Å². The molecule has 0 aliphatic heterocycles. The molecule has 5 nitrogen and oxygen atoms in total. The highest BCUT2D eigenvalue weighted by atomic mass is 127. The molecule has 0 aliphatic rings. The van der Waals surface area contributed by atoms with Gasteiger partial charge in [-0.25, -0.2) is 4.98 Å². The van der Waals surface area contributed by atoms with E-state index in [1.54, 1.807) is 0 Å². The van der Waals surface area contributed by atoms with Gasteiger partial charge in [-0.15, -0.1) is 24.0 Å². The summed E-state index contributed by atoms with van der Waals surface area (Å²) in [5.41, 5.74) is 8.76. The van der Waals surface area contributed by atoms with E-state index >= 15 is 0 Å². The SMILES string of the molecule is I.NC(=NCCc1cn2ccccc2n1)Nc1ccccc1. The monoisotopic (exact) mass is 407 g/mol. The Hall–Kier alpha value is -2.09. The van der Waals surface area contributed by atoms with Crippen LogP contribution in [0.3, 0.4) is 0 Å². The van der Waals surface area contributed by atoms with Crippen molar-refractivity contribution in [2.75, 3.05) is 11.9 Å². The number of pyridine rings is 1. The Morgan fingerprint density at radius 1 is 1.14 bits per heavy atom. The van der Waals surface area contributed by atoms with Crippen molar-refractivity contribution in [2.45, 2.75) is 6.42 Å². The van der Waals surface area contributed by atoms with Crippen molar-refractivity contribution in [1.29, 1.82) is 0 Å². The predicted octanol–water partition coefficient (Wildman–Crippen LogP) is 2.92. The number of halogens is 1. The first-order chi connectivity index (χ1) is 10.3. The van der Waals surface area contributed by atoms with Gasteiger partial charge < -0.3 is 15.5 Å². The van der Waals surface area contributed by atoms with Crippen LogP contribution in [0.1, 0.15) is 5.69 Å². The fourth-order valence-corrected chi connectivity index (χ4v) is 2.11. The van der Waals surface area contributed by atoms with Gasteiger partial charge in [-0.3, -0.25) is 4.99 Å². The van der Waals surface area contributed by atoms with E-state index in [2.05, 4.69) is 15.3 Å². The van der Waals surface area contributed by atoms with Crippen LogP contribution in [0.2, 0.25) is 0 Å². The van der Waals surface area contributed by atoms with Crippen LogP contribution in [0, 0.1) is 0 Å². The minimum atomic E-state index is 0. The number of nitrogens with zero attached hydrogens (tertiary/aromatic N) is 3. The zero-order valence-corrected chi connectivity index (χ0v) is 14.3. The number of imidazole rings is 1. The average Bonchev–Trinajstić information content (AvgIpc) is 2.91. The Morgan fingerprint density at radius 2 is 1.91 bits per heavy atom. The third-order valence-electron chi connectivity index (χ3n) is 3.11. The lowest BCUT2D eigenvalue weighted by Gasteiger charge is -2.04. The number of aliphatic imine (C=N–C) groups is 1. The van der Waals surface area contributed by atoms with E-state index < -0.39 is 0 Å². The van der Waals surface area contributed by atoms with Gasteiger partial charge in [0, 0.05) is 31.0 Å².